The van der Waals surface area contributed by atoms with Crippen LogP contribution in [0, 0.1) is 0 Å². The van der Waals surface area contributed by atoms with Gasteiger partial charge < -0.3 is 14.8 Å². The summed E-state index contributed by atoms with van der Waals surface area (Å²) >= 11 is 6.03. The van der Waals surface area contributed by atoms with E-state index in [2.05, 4.69) is 10.4 Å². The number of anilines is 1. The molecule has 0 saturated carbocycles. The molecule has 0 aliphatic rings. The molecule has 0 fully saturated rings. The quantitative estimate of drug-likeness (QED) is 0.602. The Balaban J connectivity index is 1.77. The molecule has 30 heavy (non-hydrogen) atoms. The Hall–Kier alpha value is -3.39. The molecule has 3 aromatic rings. The van der Waals surface area contributed by atoms with Gasteiger partial charge in [-0.15, -0.1) is 0 Å². The number of ether oxygens (including phenoxy) is 2. The van der Waals surface area contributed by atoms with Crippen molar-refractivity contribution >= 4 is 39.9 Å². The number of carbonyl (C=O) groups is 2. The second-order valence-corrected chi connectivity index (χ2v) is 7.12. The summed E-state index contributed by atoms with van der Waals surface area (Å²) in [5.41, 5.74) is 0.101. The molecule has 0 radical (unpaired) electrons. The smallest absolute Gasteiger partial charge is 0.359 e. The minimum absolute atomic E-state index is 0.0285. The third-order valence-electron chi connectivity index (χ3n) is 4.28. The first-order chi connectivity index (χ1) is 14.3. The molecule has 2 aromatic carbocycles. The molecule has 3 rings (SSSR count). The Morgan fingerprint density at radius 2 is 1.87 bits per heavy atom. The maximum Gasteiger partial charge on any atom is 0.359 e. The fourth-order valence-corrected chi connectivity index (χ4v) is 3.11. The van der Waals surface area contributed by atoms with Crippen molar-refractivity contribution in [2.24, 2.45) is 0 Å². The van der Waals surface area contributed by atoms with E-state index in [0.717, 1.165) is 0 Å². The van der Waals surface area contributed by atoms with Gasteiger partial charge in [0.25, 0.3) is 11.5 Å². The van der Waals surface area contributed by atoms with Crippen LogP contribution in [0.5, 0.6) is 5.75 Å². The highest BCUT2D eigenvalue weighted by molar-refractivity contribution is 6.32. The Bertz CT molecular complexity index is 1170. The number of amides is 1. The number of nitrogens with zero attached hydrogens (tertiary/aromatic N) is 2. The molecule has 0 spiro atoms. The molecule has 0 unspecified atom stereocenters. The predicted molar refractivity (Wildman–Crippen MR) is 113 cm³/mol. The van der Waals surface area contributed by atoms with E-state index in [-0.39, 0.29) is 17.3 Å². The summed E-state index contributed by atoms with van der Waals surface area (Å²) in [7, 11) is 1.49. The normalized spacial score (nSPS) is 10.8. The zero-order valence-corrected chi connectivity index (χ0v) is 17.4. The molecule has 1 heterocycles. The average molecular weight is 430 g/mol. The minimum atomic E-state index is -0.802. The first-order valence-electron chi connectivity index (χ1n) is 9.14. The zero-order chi connectivity index (χ0) is 21.8. The van der Waals surface area contributed by atoms with Gasteiger partial charge in [-0.1, -0.05) is 29.8 Å². The Labute approximate surface area is 177 Å². The Morgan fingerprint density at radius 1 is 1.17 bits per heavy atom. The molecule has 0 atom stereocenters. The van der Waals surface area contributed by atoms with Crippen molar-refractivity contribution in [2.75, 3.05) is 19.0 Å². The highest BCUT2D eigenvalue weighted by atomic mass is 35.5. The van der Waals surface area contributed by atoms with Gasteiger partial charge >= 0.3 is 5.97 Å². The molecule has 0 bridgehead atoms. The fraction of sp³-hybridized carbons (Fsp3) is 0.238. The third kappa shape index (κ3) is 4.44. The number of aromatic nitrogens is 2. The molecule has 8 nitrogen and oxygen atoms in total. The second kappa shape index (κ2) is 8.96. The van der Waals surface area contributed by atoms with Crippen LogP contribution in [-0.2, 0) is 9.53 Å². The van der Waals surface area contributed by atoms with Crippen LogP contribution in [0.1, 0.15) is 30.4 Å². The maximum atomic E-state index is 12.6. The summed E-state index contributed by atoms with van der Waals surface area (Å²) in [4.78, 5) is 37.3. The van der Waals surface area contributed by atoms with E-state index >= 15 is 0 Å². The summed E-state index contributed by atoms with van der Waals surface area (Å²) in [6.07, 6.45) is 0. The number of rotatable bonds is 6. The Kier molecular flexibility index (Phi) is 6.37. The van der Waals surface area contributed by atoms with Crippen molar-refractivity contribution in [3.8, 4) is 5.75 Å². The SMILES string of the molecule is COc1ccc(NC(=O)COC(=O)c2nn(C(C)C)c(=O)c3ccccc23)cc1Cl. The summed E-state index contributed by atoms with van der Waals surface area (Å²) in [5.74, 6) is -0.881. The number of esters is 1. The number of methoxy groups -OCH3 is 1. The summed E-state index contributed by atoms with van der Waals surface area (Å²) in [6.45, 7) is 3.04. The Morgan fingerprint density at radius 3 is 2.50 bits per heavy atom. The number of fused-ring (bicyclic) bond motifs is 1. The van der Waals surface area contributed by atoms with Gasteiger partial charge in [0.2, 0.25) is 0 Å². The van der Waals surface area contributed by atoms with Gasteiger partial charge in [0.1, 0.15) is 5.75 Å². The lowest BCUT2D eigenvalue weighted by Gasteiger charge is -2.13. The van der Waals surface area contributed by atoms with E-state index in [1.165, 1.54) is 17.9 Å². The first kappa shape index (κ1) is 21.3. The second-order valence-electron chi connectivity index (χ2n) is 6.71. The van der Waals surface area contributed by atoms with Gasteiger partial charge in [0.05, 0.1) is 23.6 Å². The zero-order valence-electron chi connectivity index (χ0n) is 16.6. The van der Waals surface area contributed by atoms with Gasteiger partial charge in [0.15, 0.2) is 12.3 Å². The lowest BCUT2D eigenvalue weighted by molar-refractivity contribution is -0.119. The van der Waals surface area contributed by atoms with E-state index in [1.54, 1.807) is 50.2 Å². The van der Waals surface area contributed by atoms with Crippen LogP contribution >= 0.6 is 11.6 Å². The number of hydrogen-bond acceptors (Lipinski definition) is 6. The monoisotopic (exact) mass is 429 g/mol. The topological polar surface area (TPSA) is 99.5 Å². The predicted octanol–water partition coefficient (Wildman–Crippen LogP) is 3.43. The van der Waals surface area contributed by atoms with Crippen LogP contribution in [0.15, 0.2) is 47.3 Å². The number of nitrogens with one attached hydrogen (secondary N) is 1. The fourth-order valence-electron chi connectivity index (χ4n) is 2.85. The van der Waals surface area contributed by atoms with Gasteiger partial charge in [-0.2, -0.15) is 5.10 Å². The number of halogens is 1. The van der Waals surface area contributed by atoms with Crippen molar-refractivity contribution in [1.82, 2.24) is 9.78 Å². The molecular weight excluding hydrogens is 410 g/mol. The van der Waals surface area contributed by atoms with Crippen LogP contribution in [-0.4, -0.2) is 35.4 Å². The van der Waals surface area contributed by atoms with Crippen LogP contribution in [0.2, 0.25) is 5.02 Å². The van der Waals surface area contributed by atoms with E-state index in [4.69, 9.17) is 21.1 Å². The molecular formula is C21H20ClN3O5. The average Bonchev–Trinajstić information content (AvgIpc) is 2.72. The van der Waals surface area contributed by atoms with Crippen LogP contribution in [0.4, 0.5) is 5.69 Å². The molecule has 0 aliphatic carbocycles. The van der Waals surface area contributed by atoms with Crippen LogP contribution in [0.25, 0.3) is 10.8 Å². The van der Waals surface area contributed by atoms with E-state index < -0.39 is 18.5 Å². The summed E-state index contributed by atoms with van der Waals surface area (Å²) in [6, 6.07) is 11.1. The first-order valence-corrected chi connectivity index (χ1v) is 9.51. The lowest BCUT2D eigenvalue weighted by atomic mass is 10.1. The third-order valence-corrected chi connectivity index (χ3v) is 4.58. The molecule has 0 aliphatic heterocycles. The van der Waals surface area contributed by atoms with Gasteiger partial charge in [-0.25, -0.2) is 9.48 Å². The molecule has 9 heteroatoms. The standard InChI is InChI=1S/C21H20ClN3O5/c1-12(2)25-20(27)15-7-5-4-6-14(15)19(24-25)21(28)30-11-18(26)23-13-8-9-17(29-3)16(22)10-13/h4-10,12H,11H2,1-3H3,(H,23,26). The number of hydrogen-bond donors (Lipinski definition) is 1. The van der Waals surface area contributed by atoms with Crippen molar-refractivity contribution < 1.29 is 19.1 Å². The van der Waals surface area contributed by atoms with Crippen molar-refractivity contribution in [3.63, 3.8) is 0 Å². The highest BCUT2D eigenvalue weighted by Crippen LogP contribution is 2.27. The number of carbonyl (C=O) groups excluding carboxylic acids is 2. The van der Waals surface area contributed by atoms with Crippen molar-refractivity contribution in [2.45, 2.75) is 19.9 Å². The molecule has 156 valence electrons. The van der Waals surface area contributed by atoms with Crippen LogP contribution < -0.4 is 15.6 Å². The largest absolute Gasteiger partial charge is 0.495 e. The lowest BCUT2D eigenvalue weighted by Crippen LogP contribution is -2.28. The molecule has 1 N–H and O–H groups in total. The molecule has 1 aromatic heterocycles. The van der Waals surface area contributed by atoms with E-state index in [9.17, 15) is 14.4 Å². The van der Waals surface area contributed by atoms with Gasteiger partial charge in [-0.3, -0.25) is 9.59 Å². The van der Waals surface area contributed by atoms with Gasteiger partial charge in [0, 0.05) is 11.1 Å². The van der Waals surface area contributed by atoms with E-state index in [1.807, 2.05) is 0 Å². The highest BCUT2D eigenvalue weighted by Gasteiger charge is 2.20. The van der Waals surface area contributed by atoms with Crippen molar-refractivity contribution in [1.29, 1.82) is 0 Å². The summed E-state index contributed by atoms with van der Waals surface area (Å²) in [5, 5.41) is 7.80. The minimum Gasteiger partial charge on any atom is -0.495 e. The number of benzene rings is 2. The van der Waals surface area contributed by atoms with Crippen molar-refractivity contribution in [3.05, 3.63) is 63.5 Å². The summed E-state index contributed by atoms with van der Waals surface area (Å²) < 4.78 is 11.4. The van der Waals surface area contributed by atoms with E-state index in [0.29, 0.717) is 27.2 Å². The maximum absolute atomic E-state index is 12.6. The molecule has 0 saturated heterocycles. The van der Waals surface area contributed by atoms with Crippen LogP contribution in [0.3, 0.4) is 0 Å². The van der Waals surface area contributed by atoms with Gasteiger partial charge in [-0.05, 0) is 38.1 Å². The molecule has 1 amide bonds.